The first-order chi connectivity index (χ1) is 9.11. The van der Waals surface area contributed by atoms with Crippen molar-refractivity contribution in [2.75, 3.05) is 5.32 Å². The van der Waals surface area contributed by atoms with E-state index in [1.54, 1.807) is 16.9 Å². The molecule has 0 radical (unpaired) electrons. The van der Waals surface area contributed by atoms with Crippen LogP contribution in [0.15, 0.2) is 24.5 Å². The molecule has 0 aromatic carbocycles. The van der Waals surface area contributed by atoms with E-state index in [4.69, 9.17) is 23.2 Å². The minimum Gasteiger partial charge on any atom is -0.304 e. The third-order valence-corrected chi connectivity index (χ3v) is 2.92. The third kappa shape index (κ3) is 3.24. The fourth-order valence-corrected chi connectivity index (χ4v) is 2.02. The van der Waals surface area contributed by atoms with Crippen LogP contribution in [0.1, 0.15) is 23.8 Å². The van der Waals surface area contributed by atoms with E-state index in [1.807, 2.05) is 6.92 Å². The minimum absolute atomic E-state index is 0.278. The molecule has 0 bridgehead atoms. The second-order valence-electron chi connectivity index (χ2n) is 3.88. The van der Waals surface area contributed by atoms with Crippen molar-refractivity contribution in [3.05, 3.63) is 40.3 Å². The van der Waals surface area contributed by atoms with E-state index in [-0.39, 0.29) is 11.7 Å². The Hall–Kier alpha value is -1.59. The highest BCUT2D eigenvalue weighted by Gasteiger charge is 2.14. The molecule has 0 fully saturated rings. The van der Waals surface area contributed by atoms with Crippen LogP contribution in [0.25, 0.3) is 0 Å². The second-order valence-corrected chi connectivity index (χ2v) is 4.72. The van der Waals surface area contributed by atoms with Crippen LogP contribution in [0.3, 0.4) is 0 Å². The van der Waals surface area contributed by atoms with Gasteiger partial charge < -0.3 is 5.32 Å². The standard InChI is InChI=1S/C12H12Cl2N4O/c1-2-5-18-10(3-4-16-18)12(19)17-11-9(14)6-8(13)7-15-11/h3-4,6-7H,2,5H2,1H3,(H,15,17,19). The lowest BCUT2D eigenvalue weighted by Gasteiger charge is -2.08. The lowest BCUT2D eigenvalue weighted by Crippen LogP contribution is -2.18. The van der Waals surface area contributed by atoms with E-state index in [0.29, 0.717) is 22.3 Å². The summed E-state index contributed by atoms with van der Waals surface area (Å²) in [6.45, 7) is 2.69. The molecule has 2 heterocycles. The van der Waals surface area contributed by atoms with Crippen molar-refractivity contribution >= 4 is 34.9 Å². The number of nitrogens with one attached hydrogen (secondary N) is 1. The van der Waals surface area contributed by atoms with Crippen molar-refractivity contribution in [2.45, 2.75) is 19.9 Å². The van der Waals surface area contributed by atoms with Crippen LogP contribution in [-0.4, -0.2) is 20.7 Å². The van der Waals surface area contributed by atoms with Gasteiger partial charge in [0.25, 0.3) is 5.91 Å². The molecular weight excluding hydrogens is 287 g/mol. The molecule has 1 N–H and O–H groups in total. The van der Waals surface area contributed by atoms with E-state index in [2.05, 4.69) is 15.4 Å². The monoisotopic (exact) mass is 298 g/mol. The van der Waals surface area contributed by atoms with Crippen molar-refractivity contribution in [1.82, 2.24) is 14.8 Å². The summed E-state index contributed by atoms with van der Waals surface area (Å²) in [5, 5.41) is 7.43. The molecule has 0 atom stereocenters. The highest BCUT2D eigenvalue weighted by molar-refractivity contribution is 6.36. The third-order valence-electron chi connectivity index (χ3n) is 2.42. The van der Waals surface area contributed by atoms with Crippen molar-refractivity contribution in [1.29, 1.82) is 0 Å². The van der Waals surface area contributed by atoms with Gasteiger partial charge in [0, 0.05) is 18.9 Å². The Morgan fingerprint density at radius 2 is 2.26 bits per heavy atom. The van der Waals surface area contributed by atoms with Crippen LogP contribution in [0.2, 0.25) is 10.0 Å². The van der Waals surface area contributed by atoms with Gasteiger partial charge in [-0.1, -0.05) is 30.1 Å². The number of aromatic nitrogens is 3. The Bertz CT molecular complexity index is 597. The fourth-order valence-electron chi connectivity index (χ4n) is 1.59. The SMILES string of the molecule is CCCn1nccc1C(=O)Nc1ncc(Cl)cc1Cl. The zero-order chi connectivity index (χ0) is 13.8. The normalized spacial score (nSPS) is 10.5. The van der Waals surface area contributed by atoms with Crippen LogP contribution < -0.4 is 5.32 Å². The molecule has 7 heteroatoms. The molecule has 0 aliphatic carbocycles. The topological polar surface area (TPSA) is 59.8 Å². The Morgan fingerprint density at radius 1 is 1.47 bits per heavy atom. The van der Waals surface area contributed by atoms with Crippen LogP contribution in [-0.2, 0) is 6.54 Å². The van der Waals surface area contributed by atoms with Gasteiger partial charge in [-0.25, -0.2) is 4.98 Å². The Morgan fingerprint density at radius 3 is 2.95 bits per heavy atom. The zero-order valence-corrected chi connectivity index (χ0v) is 11.7. The molecule has 2 aromatic heterocycles. The zero-order valence-electron chi connectivity index (χ0n) is 10.2. The summed E-state index contributed by atoms with van der Waals surface area (Å²) in [7, 11) is 0. The number of nitrogens with zero attached hydrogens (tertiary/aromatic N) is 3. The summed E-state index contributed by atoms with van der Waals surface area (Å²) in [5.74, 6) is -0.0250. The number of hydrogen-bond acceptors (Lipinski definition) is 3. The summed E-state index contributed by atoms with van der Waals surface area (Å²) < 4.78 is 1.64. The maximum absolute atomic E-state index is 12.1. The number of pyridine rings is 1. The Labute approximate surface area is 120 Å². The molecule has 5 nitrogen and oxygen atoms in total. The van der Waals surface area contributed by atoms with E-state index in [9.17, 15) is 4.79 Å². The van der Waals surface area contributed by atoms with Crippen molar-refractivity contribution in [3.63, 3.8) is 0 Å². The number of carbonyl (C=O) groups excluding carboxylic acids is 1. The quantitative estimate of drug-likeness (QED) is 0.942. The van der Waals surface area contributed by atoms with Crippen molar-refractivity contribution in [3.8, 4) is 0 Å². The van der Waals surface area contributed by atoms with Gasteiger partial charge in [-0.2, -0.15) is 5.10 Å². The van der Waals surface area contributed by atoms with E-state index >= 15 is 0 Å². The molecule has 19 heavy (non-hydrogen) atoms. The molecule has 0 saturated heterocycles. The predicted octanol–water partition coefficient (Wildman–Crippen LogP) is 3.25. The van der Waals surface area contributed by atoms with Crippen LogP contribution in [0.4, 0.5) is 5.82 Å². The summed E-state index contributed by atoms with van der Waals surface area (Å²) in [6.07, 6.45) is 3.90. The molecule has 0 aliphatic rings. The van der Waals surface area contributed by atoms with E-state index < -0.39 is 0 Å². The maximum atomic E-state index is 12.1. The molecule has 0 aliphatic heterocycles. The van der Waals surface area contributed by atoms with Gasteiger partial charge >= 0.3 is 0 Å². The minimum atomic E-state index is -0.303. The first kappa shape index (κ1) is 13.8. The lowest BCUT2D eigenvalue weighted by atomic mass is 10.3. The van der Waals surface area contributed by atoms with Gasteiger partial charge in [0.2, 0.25) is 0 Å². The number of aryl methyl sites for hydroxylation is 1. The summed E-state index contributed by atoms with van der Waals surface area (Å²) in [4.78, 5) is 16.1. The van der Waals surface area contributed by atoms with Crippen molar-refractivity contribution < 1.29 is 4.79 Å². The number of rotatable bonds is 4. The predicted molar refractivity (Wildman–Crippen MR) is 74.7 cm³/mol. The molecule has 100 valence electrons. The van der Waals surface area contributed by atoms with E-state index in [1.165, 1.54) is 12.3 Å². The summed E-state index contributed by atoms with van der Waals surface area (Å²) in [6, 6.07) is 3.17. The Kier molecular flexibility index (Phi) is 4.39. The highest BCUT2D eigenvalue weighted by Crippen LogP contribution is 2.22. The lowest BCUT2D eigenvalue weighted by molar-refractivity contribution is 0.101. The largest absolute Gasteiger partial charge is 0.304 e. The van der Waals surface area contributed by atoms with Gasteiger partial charge in [0.05, 0.1) is 10.0 Å². The fraction of sp³-hybridized carbons (Fsp3) is 0.250. The van der Waals surface area contributed by atoms with Gasteiger partial charge in [-0.3, -0.25) is 9.48 Å². The molecule has 2 aromatic rings. The van der Waals surface area contributed by atoms with Crippen LogP contribution in [0, 0.1) is 0 Å². The molecule has 2 rings (SSSR count). The number of carbonyl (C=O) groups is 1. The first-order valence-electron chi connectivity index (χ1n) is 5.76. The van der Waals surface area contributed by atoms with Gasteiger partial charge in [-0.05, 0) is 18.6 Å². The maximum Gasteiger partial charge on any atom is 0.275 e. The molecular formula is C12H12Cl2N4O. The molecule has 1 amide bonds. The first-order valence-corrected chi connectivity index (χ1v) is 6.51. The van der Waals surface area contributed by atoms with Gasteiger partial charge in [0.15, 0.2) is 5.82 Å². The highest BCUT2D eigenvalue weighted by atomic mass is 35.5. The molecule has 0 spiro atoms. The van der Waals surface area contributed by atoms with Gasteiger partial charge in [0.1, 0.15) is 5.69 Å². The molecule has 0 saturated carbocycles. The molecule has 0 unspecified atom stereocenters. The van der Waals surface area contributed by atoms with Crippen molar-refractivity contribution in [2.24, 2.45) is 0 Å². The summed E-state index contributed by atoms with van der Waals surface area (Å²) in [5.41, 5.74) is 0.467. The number of hydrogen-bond donors (Lipinski definition) is 1. The second kappa shape index (κ2) is 6.04. The van der Waals surface area contributed by atoms with E-state index in [0.717, 1.165) is 6.42 Å². The number of amides is 1. The average molecular weight is 299 g/mol. The average Bonchev–Trinajstić information content (AvgIpc) is 2.81. The number of halogens is 2. The Balaban J connectivity index is 2.18. The number of anilines is 1. The van der Waals surface area contributed by atoms with Gasteiger partial charge in [-0.15, -0.1) is 0 Å². The van der Waals surface area contributed by atoms with Crippen LogP contribution >= 0.6 is 23.2 Å². The smallest absolute Gasteiger partial charge is 0.275 e. The summed E-state index contributed by atoms with van der Waals surface area (Å²) >= 11 is 11.7. The van der Waals surface area contributed by atoms with Crippen LogP contribution in [0.5, 0.6) is 0 Å².